The van der Waals surface area contributed by atoms with E-state index >= 15 is 0 Å². The molecule has 0 aromatic heterocycles. The summed E-state index contributed by atoms with van der Waals surface area (Å²) in [5, 5.41) is 64.1. The minimum absolute atomic E-state index is 0.00373. The summed E-state index contributed by atoms with van der Waals surface area (Å²) in [5.74, 6) is -1.41. The molecule has 0 unspecified atom stereocenters. The Labute approximate surface area is 284 Å². The highest BCUT2D eigenvalue weighted by Crippen LogP contribution is 2.87. The second-order valence-electron chi connectivity index (χ2n) is 17.9. The fourth-order valence-corrected chi connectivity index (χ4v) is 12.0. The Balaban J connectivity index is 1.27. The van der Waals surface area contributed by atoms with Crippen molar-refractivity contribution in [3.8, 4) is 0 Å². The van der Waals surface area contributed by atoms with Crippen LogP contribution in [0.15, 0.2) is 11.6 Å². The molecule has 6 N–H and O–H groups in total. The largest absolute Gasteiger partial charge is 0.460 e. The molecular formula is C37H58O11. The van der Waals surface area contributed by atoms with E-state index in [9.17, 15) is 40.2 Å². The second kappa shape index (κ2) is 11.5. The molecule has 1 heterocycles. The Morgan fingerprint density at radius 1 is 1.08 bits per heavy atom. The first-order chi connectivity index (χ1) is 22.1. The van der Waals surface area contributed by atoms with E-state index < -0.39 is 71.2 Å². The SMILES string of the molecule is CC(=O)O[C@H](C[C@@H](C)[C@H]1C(=O)[C@H](O)[C@@]2(C)C3=CC[C@H]4C(C)(C)[C@@H](O[C@@H]5OC[C@@H](O)[C@H](O)[C@H]5O)CC[C@@]45C[C@@]35CC[C@]12C)[C@@H](O)C(C)(C)O. The molecule has 0 amide bonds. The zero-order chi connectivity index (χ0) is 35.6. The number of carbonyl (C=O) groups is 2. The minimum atomic E-state index is -1.52. The van der Waals surface area contributed by atoms with Crippen LogP contribution in [0, 0.1) is 44.8 Å². The van der Waals surface area contributed by atoms with E-state index in [1.54, 1.807) is 0 Å². The summed E-state index contributed by atoms with van der Waals surface area (Å²) in [6.07, 6.45) is -1.19. The van der Waals surface area contributed by atoms with Gasteiger partial charge in [-0.3, -0.25) is 9.59 Å². The van der Waals surface area contributed by atoms with E-state index in [-0.39, 0.29) is 53.0 Å². The second-order valence-corrected chi connectivity index (χ2v) is 17.9. The fourth-order valence-electron chi connectivity index (χ4n) is 12.0. The van der Waals surface area contributed by atoms with Crippen molar-refractivity contribution in [1.82, 2.24) is 0 Å². The monoisotopic (exact) mass is 678 g/mol. The average Bonchev–Trinajstić information content (AvgIpc) is 3.63. The van der Waals surface area contributed by atoms with Gasteiger partial charge in [-0.1, -0.05) is 46.3 Å². The molecule has 5 aliphatic carbocycles. The van der Waals surface area contributed by atoms with Gasteiger partial charge in [0.15, 0.2) is 12.1 Å². The van der Waals surface area contributed by atoms with Crippen molar-refractivity contribution in [2.45, 2.75) is 155 Å². The van der Waals surface area contributed by atoms with Gasteiger partial charge in [0.1, 0.15) is 36.6 Å². The Bertz CT molecular complexity index is 1340. The van der Waals surface area contributed by atoms with Crippen LogP contribution in [-0.2, 0) is 23.8 Å². The van der Waals surface area contributed by atoms with Crippen LogP contribution in [0.2, 0.25) is 0 Å². The van der Waals surface area contributed by atoms with E-state index in [2.05, 4.69) is 33.8 Å². The number of hydrogen-bond donors (Lipinski definition) is 6. The van der Waals surface area contributed by atoms with Crippen LogP contribution in [-0.4, -0.2) is 104 Å². The summed E-state index contributed by atoms with van der Waals surface area (Å²) in [7, 11) is 0. The maximum atomic E-state index is 14.2. The summed E-state index contributed by atoms with van der Waals surface area (Å²) >= 11 is 0. The number of rotatable bonds is 8. The molecule has 0 aromatic carbocycles. The number of carbonyl (C=O) groups excluding carboxylic acids is 2. The maximum absolute atomic E-state index is 14.2. The number of allylic oxidation sites excluding steroid dienone is 1. The number of ketones is 1. The third-order valence-corrected chi connectivity index (χ3v) is 14.7. The highest BCUT2D eigenvalue weighted by atomic mass is 16.7. The lowest BCUT2D eigenvalue weighted by Crippen LogP contribution is -2.58. The van der Waals surface area contributed by atoms with Gasteiger partial charge in [0, 0.05) is 18.3 Å². The number of aliphatic hydroxyl groups is 6. The van der Waals surface area contributed by atoms with E-state index in [4.69, 9.17) is 14.2 Å². The van der Waals surface area contributed by atoms with Crippen LogP contribution in [0.3, 0.4) is 0 Å². The lowest BCUT2D eigenvalue weighted by molar-refractivity contribution is -0.300. The topological polar surface area (TPSA) is 183 Å². The van der Waals surface area contributed by atoms with E-state index in [0.29, 0.717) is 0 Å². The van der Waals surface area contributed by atoms with Gasteiger partial charge >= 0.3 is 5.97 Å². The van der Waals surface area contributed by atoms with Crippen molar-refractivity contribution in [1.29, 1.82) is 0 Å². The number of aliphatic hydroxyl groups excluding tert-OH is 5. The average molecular weight is 679 g/mol. The fraction of sp³-hybridized carbons (Fsp3) is 0.892. The first-order valence-electron chi connectivity index (χ1n) is 17.9. The van der Waals surface area contributed by atoms with Gasteiger partial charge in [0.2, 0.25) is 0 Å². The zero-order valence-electron chi connectivity index (χ0n) is 29.8. The standard InChI is InChI=1S/C37H58O11/c1-18(15-21(47-19(2)38)29(43)33(5,6)45)25-27(41)30(44)35(8)23-10-9-22-32(3,4)24(48-31-28(42)26(40)20(39)16-46-31)11-12-36(22)17-37(23,36)14-13-34(25,35)7/h10,18,20-22,24-26,28-31,39-40,42-45H,9,11-17H2,1-8H3/t18-,20-,21-,22+,24+,25+,26+,28-,29-,30+,31+,34-,35-,36-,37+/m1/s1. The third kappa shape index (κ3) is 4.89. The number of Topliss-reactive ketones (excluding diaryl/α,β-unsaturated/α-hetero) is 1. The Kier molecular flexibility index (Phi) is 8.74. The van der Waals surface area contributed by atoms with Gasteiger partial charge in [-0.05, 0) is 92.3 Å². The molecule has 0 bridgehead atoms. The van der Waals surface area contributed by atoms with Crippen LogP contribution < -0.4 is 0 Å². The van der Waals surface area contributed by atoms with Crippen molar-refractivity contribution < 1.29 is 54.4 Å². The zero-order valence-corrected chi connectivity index (χ0v) is 29.8. The molecule has 15 atom stereocenters. The number of esters is 1. The van der Waals surface area contributed by atoms with Crippen LogP contribution in [0.25, 0.3) is 0 Å². The molecule has 11 heteroatoms. The van der Waals surface area contributed by atoms with Crippen molar-refractivity contribution in [2.75, 3.05) is 6.61 Å². The molecule has 0 aromatic rings. The van der Waals surface area contributed by atoms with Crippen LogP contribution in [0.5, 0.6) is 0 Å². The van der Waals surface area contributed by atoms with Crippen molar-refractivity contribution in [3.63, 3.8) is 0 Å². The van der Waals surface area contributed by atoms with Gasteiger partial charge in [0.05, 0.1) is 18.3 Å². The van der Waals surface area contributed by atoms with Crippen LogP contribution in [0.4, 0.5) is 0 Å². The van der Waals surface area contributed by atoms with Gasteiger partial charge in [-0.25, -0.2) is 0 Å². The Hall–Kier alpha value is -1.44. The van der Waals surface area contributed by atoms with E-state index in [0.717, 1.165) is 38.5 Å². The Morgan fingerprint density at radius 3 is 2.38 bits per heavy atom. The van der Waals surface area contributed by atoms with Crippen LogP contribution >= 0.6 is 0 Å². The molecule has 4 saturated carbocycles. The predicted molar refractivity (Wildman–Crippen MR) is 173 cm³/mol. The van der Waals surface area contributed by atoms with Gasteiger partial charge in [0.25, 0.3) is 0 Å². The number of fused-ring (bicyclic) bond motifs is 2. The lowest BCUT2D eigenvalue weighted by atomic mass is 9.44. The first-order valence-corrected chi connectivity index (χ1v) is 17.9. The van der Waals surface area contributed by atoms with Gasteiger partial charge in [-0.2, -0.15) is 0 Å². The summed E-state index contributed by atoms with van der Waals surface area (Å²) in [6.45, 7) is 14.6. The molecule has 1 aliphatic heterocycles. The quantitative estimate of drug-likeness (QED) is 0.164. The molecule has 48 heavy (non-hydrogen) atoms. The summed E-state index contributed by atoms with van der Waals surface area (Å²) in [5.41, 5.74) is -2.14. The Morgan fingerprint density at radius 2 is 1.75 bits per heavy atom. The first kappa shape index (κ1) is 36.4. The normalized spacial score (nSPS) is 48.2. The molecule has 11 nitrogen and oxygen atoms in total. The molecule has 2 spiro atoms. The van der Waals surface area contributed by atoms with E-state index in [1.807, 2.05) is 6.92 Å². The molecular weight excluding hydrogens is 620 g/mol. The van der Waals surface area contributed by atoms with Crippen molar-refractivity contribution in [3.05, 3.63) is 11.6 Å². The van der Waals surface area contributed by atoms with Crippen molar-refractivity contribution in [2.24, 2.45) is 44.8 Å². The molecule has 272 valence electrons. The van der Waals surface area contributed by atoms with Gasteiger partial charge < -0.3 is 44.8 Å². The minimum Gasteiger partial charge on any atom is -0.460 e. The molecule has 6 aliphatic rings. The highest BCUT2D eigenvalue weighted by Gasteiger charge is 2.82. The molecule has 1 saturated heterocycles. The number of ether oxygens (including phenoxy) is 3. The maximum Gasteiger partial charge on any atom is 0.302 e. The summed E-state index contributed by atoms with van der Waals surface area (Å²) in [6, 6.07) is 0. The predicted octanol–water partition coefficient (Wildman–Crippen LogP) is 2.41. The lowest BCUT2D eigenvalue weighted by Gasteiger charge is -2.60. The molecule has 0 radical (unpaired) electrons. The smallest absolute Gasteiger partial charge is 0.302 e. The van der Waals surface area contributed by atoms with Crippen molar-refractivity contribution >= 4 is 11.8 Å². The summed E-state index contributed by atoms with van der Waals surface area (Å²) in [4.78, 5) is 26.2. The van der Waals surface area contributed by atoms with Gasteiger partial charge in [-0.15, -0.1) is 0 Å². The van der Waals surface area contributed by atoms with Crippen LogP contribution in [0.1, 0.15) is 100 Å². The molecule has 6 rings (SSSR count). The summed E-state index contributed by atoms with van der Waals surface area (Å²) < 4.78 is 17.5. The number of hydrogen-bond acceptors (Lipinski definition) is 11. The third-order valence-electron chi connectivity index (χ3n) is 14.7. The molecule has 5 fully saturated rings. The van der Waals surface area contributed by atoms with E-state index in [1.165, 1.54) is 26.3 Å². The highest BCUT2D eigenvalue weighted by molar-refractivity contribution is 5.91.